The molecular formula is C31H28Cl2F2N6O. The summed E-state index contributed by atoms with van der Waals surface area (Å²) in [5.74, 6) is -2.55. The number of piperazine rings is 1. The van der Waals surface area contributed by atoms with E-state index in [-0.39, 0.29) is 29.8 Å². The van der Waals surface area contributed by atoms with Gasteiger partial charge in [-0.15, -0.1) is 0 Å². The molecule has 3 aliphatic rings. The molecule has 3 aromatic carbocycles. The number of carbonyl (C=O) groups is 1. The molecule has 2 atom stereocenters. The maximum atomic E-state index is 14.9. The van der Waals surface area contributed by atoms with Crippen LogP contribution in [0.4, 0.5) is 14.5 Å². The normalized spacial score (nSPS) is 21.6. The van der Waals surface area contributed by atoms with Crippen LogP contribution in [-0.2, 0) is 0 Å². The fourth-order valence-electron chi connectivity index (χ4n) is 5.50. The number of nitrogens with one attached hydrogen (secondary N) is 3. The summed E-state index contributed by atoms with van der Waals surface area (Å²) >= 11 is 12.9. The molecule has 3 heterocycles. The summed E-state index contributed by atoms with van der Waals surface area (Å²) in [4.78, 5) is 24.2. The standard InChI is InChI=1S/C31H28Cl2F2N6O/c1-17-16-41(11-10-36-17)30(42)22-9-7-20(13-24(22)33)39-31(2)38-15-18-14-37-29(27-25(34)4-3-5-26(27)35)23-12-19(32)6-8-21(23)28(18)40-31/h3-9,12-13,15,17,36,39-40H,10-11,14,16H2,1-2H3. The lowest BCUT2D eigenvalue weighted by atomic mass is 9.94. The van der Waals surface area contributed by atoms with E-state index in [1.54, 1.807) is 47.5 Å². The van der Waals surface area contributed by atoms with E-state index in [9.17, 15) is 13.6 Å². The van der Waals surface area contributed by atoms with Gasteiger partial charge in [0.25, 0.3) is 5.91 Å². The Balaban J connectivity index is 1.28. The number of rotatable bonds is 4. The highest BCUT2D eigenvalue weighted by Gasteiger charge is 2.33. The Labute approximate surface area is 252 Å². The zero-order valence-corrected chi connectivity index (χ0v) is 24.5. The topological polar surface area (TPSA) is 81.1 Å². The van der Waals surface area contributed by atoms with Gasteiger partial charge in [-0.3, -0.25) is 9.79 Å². The van der Waals surface area contributed by atoms with E-state index in [1.807, 2.05) is 13.8 Å². The van der Waals surface area contributed by atoms with Gasteiger partial charge in [-0.2, -0.15) is 0 Å². The Bertz CT molecular complexity index is 1670. The van der Waals surface area contributed by atoms with Gasteiger partial charge >= 0.3 is 0 Å². The molecule has 1 fully saturated rings. The van der Waals surface area contributed by atoms with Crippen molar-refractivity contribution in [1.29, 1.82) is 0 Å². The van der Waals surface area contributed by atoms with E-state index in [4.69, 9.17) is 28.2 Å². The third kappa shape index (κ3) is 5.40. The molecular weight excluding hydrogens is 581 g/mol. The molecule has 42 heavy (non-hydrogen) atoms. The van der Waals surface area contributed by atoms with Gasteiger partial charge in [-0.25, -0.2) is 13.8 Å². The fourth-order valence-corrected chi connectivity index (χ4v) is 5.94. The van der Waals surface area contributed by atoms with E-state index in [1.165, 1.54) is 18.2 Å². The first-order chi connectivity index (χ1) is 20.1. The number of hydrogen-bond acceptors (Lipinski definition) is 6. The van der Waals surface area contributed by atoms with Crippen molar-refractivity contribution in [3.8, 4) is 0 Å². The lowest BCUT2D eigenvalue weighted by Gasteiger charge is -2.35. The van der Waals surface area contributed by atoms with Crippen LogP contribution < -0.4 is 16.0 Å². The van der Waals surface area contributed by atoms with Crippen LogP contribution >= 0.6 is 23.2 Å². The van der Waals surface area contributed by atoms with Crippen LogP contribution in [-0.4, -0.2) is 60.7 Å². The Morgan fingerprint density at radius 2 is 1.88 bits per heavy atom. The molecule has 1 amide bonds. The Kier molecular flexibility index (Phi) is 7.51. The largest absolute Gasteiger partial charge is 0.345 e. The highest BCUT2D eigenvalue weighted by molar-refractivity contribution is 6.34. The quantitative estimate of drug-likeness (QED) is 0.353. The molecule has 0 aromatic heterocycles. The summed E-state index contributed by atoms with van der Waals surface area (Å²) in [6.45, 7) is 6.01. The van der Waals surface area contributed by atoms with Gasteiger partial charge in [0.05, 0.1) is 34.1 Å². The predicted octanol–water partition coefficient (Wildman–Crippen LogP) is 5.73. The number of benzene rings is 3. The second kappa shape index (κ2) is 11.1. The number of anilines is 1. The molecule has 0 spiro atoms. The van der Waals surface area contributed by atoms with Crippen LogP contribution in [0.25, 0.3) is 5.70 Å². The van der Waals surface area contributed by atoms with Crippen molar-refractivity contribution in [2.24, 2.45) is 9.98 Å². The van der Waals surface area contributed by atoms with Crippen molar-refractivity contribution in [2.45, 2.75) is 25.7 Å². The van der Waals surface area contributed by atoms with Gasteiger partial charge in [0.1, 0.15) is 11.6 Å². The van der Waals surface area contributed by atoms with Gasteiger partial charge in [-0.05, 0) is 56.3 Å². The van der Waals surface area contributed by atoms with E-state index >= 15 is 0 Å². The molecule has 6 rings (SSSR count). The molecule has 7 nitrogen and oxygen atoms in total. The minimum Gasteiger partial charge on any atom is -0.345 e. The van der Waals surface area contributed by atoms with Crippen LogP contribution in [0.15, 0.2) is 70.2 Å². The molecule has 0 bridgehead atoms. The van der Waals surface area contributed by atoms with Crippen LogP contribution in [0, 0.1) is 11.6 Å². The number of amides is 1. The van der Waals surface area contributed by atoms with Crippen molar-refractivity contribution >= 4 is 52.4 Å². The number of hydrogen-bond donors (Lipinski definition) is 3. The molecule has 0 aliphatic carbocycles. The predicted molar refractivity (Wildman–Crippen MR) is 164 cm³/mol. The van der Waals surface area contributed by atoms with Crippen LogP contribution in [0.5, 0.6) is 0 Å². The highest BCUT2D eigenvalue weighted by Crippen LogP contribution is 2.34. The summed E-state index contributed by atoms with van der Waals surface area (Å²) in [6.07, 6.45) is 1.70. The summed E-state index contributed by atoms with van der Waals surface area (Å²) in [5.41, 5.74) is 3.67. The maximum Gasteiger partial charge on any atom is 0.255 e. The van der Waals surface area contributed by atoms with E-state index < -0.39 is 17.4 Å². The minimum atomic E-state index is -1.02. The zero-order chi connectivity index (χ0) is 29.6. The van der Waals surface area contributed by atoms with Crippen molar-refractivity contribution in [3.05, 3.63) is 104 Å². The summed E-state index contributed by atoms with van der Waals surface area (Å²) in [7, 11) is 0. The molecule has 216 valence electrons. The van der Waals surface area contributed by atoms with Gasteiger partial charge in [-0.1, -0.05) is 35.3 Å². The highest BCUT2D eigenvalue weighted by atomic mass is 35.5. The summed E-state index contributed by atoms with van der Waals surface area (Å²) in [6, 6.07) is 14.3. The molecule has 3 aromatic rings. The van der Waals surface area contributed by atoms with Gasteiger partial charge in [0.15, 0.2) is 0 Å². The lowest BCUT2D eigenvalue weighted by molar-refractivity contribution is 0.0709. The van der Waals surface area contributed by atoms with Crippen molar-refractivity contribution in [3.63, 3.8) is 0 Å². The van der Waals surface area contributed by atoms with Gasteiger partial charge < -0.3 is 20.9 Å². The number of nitrogens with zero attached hydrogens (tertiary/aromatic N) is 3. The Morgan fingerprint density at radius 1 is 1.10 bits per heavy atom. The molecule has 3 aliphatic heterocycles. The molecule has 11 heteroatoms. The van der Waals surface area contributed by atoms with Crippen LogP contribution in [0.2, 0.25) is 10.0 Å². The van der Waals surface area contributed by atoms with Crippen molar-refractivity contribution in [1.82, 2.24) is 15.5 Å². The fraction of sp³-hybridized carbons (Fsp3) is 0.258. The number of carbonyl (C=O) groups excluding carboxylic acids is 1. The SMILES string of the molecule is CC1CN(C(=O)c2ccc(NC3(C)N=CC4=C(N3)c3ccc(Cl)cc3C(c3c(F)cccc3F)=NC4)cc2Cl)CCN1. The van der Waals surface area contributed by atoms with E-state index in [0.717, 1.165) is 12.1 Å². The van der Waals surface area contributed by atoms with E-state index in [0.29, 0.717) is 51.2 Å². The second-order valence-electron chi connectivity index (χ2n) is 10.7. The minimum absolute atomic E-state index is 0.106. The molecule has 1 saturated heterocycles. The lowest BCUT2D eigenvalue weighted by Crippen LogP contribution is -2.51. The first-order valence-electron chi connectivity index (χ1n) is 13.6. The van der Waals surface area contributed by atoms with Crippen LogP contribution in [0.3, 0.4) is 0 Å². The van der Waals surface area contributed by atoms with Gasteiger partial charge in [0, 0.05) is 59.3 Å². The van der Waals surface area contributed by atoms with Crippen molar-refractivity contribution in [2.75, 3.05) is 31.5 Å². The molecule has 0 saturated carbocycles. The van der Waals surface area contributed by atoms with E-state index in [2.05, 4.69) is 20.9 Å². The maximum absolute atomic E-state index is 14.9. The molecule has 3 N–H and O–H groups in total. The zero-order valence-electron chi connectivity index (χ0n) is 22.9. The molecule has 2 unspecified atom stereocenters. The first kappa shape index (κ1) is 28.3. The summed E-state index contributed by atoms with van der Waals surface area (Å²) < 4.78 is 29.8. The summed E-state index contributed by atoms with van der Waals surface area (Å²) in [5, 5.41) is 10.9. The first-order valence-corrected chi connectivity index (χ1v) is 14.3. The van der Waals surface area contributed by atoms with Gasteiger partial charge in [0.2, 0.25) is 5.79 Å². The third-order valence-corrected chi connectivity index (χ3v) is 8.07. The Hall–Kier alpha value is -3.79. The third-order valence-electron chi connectivity index (χ3n) is 7.52. The average Bonchev–Trinajstić information content (AvgIpc) is 3.09. The van der Waals surface area contributed by atoms with Crippen LogP contribution in [0.1, 0.15) is 40.9 Å². The molecule has 0 radical (unpaired) electrons. The smallest absolute Gasteiger partial charge is 0.255 e. The average molecular weight is 610 g/mol. The number of halogens is 4. The number of aliphatic imine (C=N–C) groups is 2. The van der Waals surface area contributed by atoms with Crippen molar-refractivity contribution < 1.29 is 13.6 Å². The second-order valence-corrected chi connectivity index (χ2v) is 11.6. The Morgan fingerprint density at radius 3 is 2.62 bits per heavy atom. The number of fused-ring (bicyclic) bond motifs is 2. The monoisotopic (exact) mass is 608 g/mol.